The van der Waals surface area contributed by atoms with Crippen LogP contribution in [0.1, 0.15) is 25.7 Å². The van der Waals surface area contributed by atoms with Crippen LogP contribution in [0, 0.1) is 0 Å². The molecular weight excluding hydrogens is 305 g/mol. The molecule has 0 bridgehead atoms. The Morgan fingerprint density at radius 1 is 1.59 bits per heavy atom. The molecule has 0 saturated heterocycles. The van der Waals surface area contributed by atoms with Gasteiger partial charge in [-0.3, -0.25) is 4.79 Å². The summed E-state index contributed by atoms with van der Waals surface area (Å²) >= 11 is 9.46. The maximum atomic E-state index is 11.5. The quantitative estimate of drug-likeness (QED) is 0.848. The van der Waals surface area contributed by atoms with E-state index in [1.165, 1.54) is 12.7 Å². The molecule has 0 aliphatic heterocycles. The minimum Gasteiger partial charge on any atom is -0.352 e. The summed E-state index contributed by atoms with van der Waals surface area (Å²) in [6.07, 6.45) is 6.00. The lowest BCUT2D eigenvalue weighted by atomic mass is 9.91. The first-order chi connectivity index (χ1) is 8.24. The topological polar surface area (TPSA) is 49.0 Å². The van der Waals surface area contributed by atoms with Gasteiger partial charge < -0.3 is 9.88 Å². The minimum absolute atomic E-state index is 0.203. The second-order valence-electron chi connectivity index (χ2n) is 4.19. The average molecular weight is 321 g/mol. The first-order valence-corrected chi connectivity index (χ1v) is 7.29. The Balaban J connectivity index is 2.24. The van der Waals surface area contributed by atoms with Crippen LogP contribution in [-0.4, -0.2) is 27.9 Å². The van der Waals surface area contributed by atoms with E-state index in [9.17, 15) is 4.79 Å². The fourth-order valence-corrected chi connectivity index (χ4v) is 2.43. The van der Waals surface area contributed by atoms with E-state index < -0.39 is 0 Å². The molecule has 1 aromatic heterocycles. The van der Waals surface area contributed by atoms with Gasteiger partial charge in [-0.25, -0.2) is 4.98 Å². The second kappa shape index (κ2) is 5.87. The summed E-state index contributed by atoms with van der Waals surface area (Å²) in [6, 6.07) is 0.487. The number of hydrogen-bond donors (Lipinski definition) is 1. The molecule has 0 unspecified atom stereocenters. The standard InChI is InChI=1S/C11H15BrClN3O/c12-5-2-6-16(8-3-1-4-8)10-9(13)11(17)15-7-14-10/h7-8H,1-6H2,(H,14,15,17). The summed E-state index contributed by atoms with van der Waals surface area (Å²) in [4.78, 5) is 20.4. The molecule has 1 aliphatic rings. The van der Waals surface area contributed by atoms with Gasteiger partial charge in [-0.2, -0.15) is 0 Å². The summed E-state index contributed by atoms with van der Waals surface area (Å²) in [6.45, 7) is 0.881. The zero-order valence-electron chi connectivity index (χ0n) is 9.46. The summed E-state index contributed by atoms with van der Waals surface area (Å²) in [5.74, 6) is 0.626. The molecule has 0 aromatic carbocycles. The summed E-state index contributed by atoms with van der Waals surface area (Å²) < 4.78 is 0. The van der Waals surface area contributed by atoms with Crippen LogP contribution in [0.3, 0.4) is 0 Å². The van der Waals surface area contributed by atoms with E-state index in [1.807, 2.05) is 0 Å². The SMILES string of the molecule is O=c1[nH]cnc(N(CCCBr)C2CCC2)c1Cl. The zero-order chi connectivity index (χ0) is 12.3. The molecule has 0 radical (unpaired) electrons. The van der Waals surface area contributed by atoms with Gasteiger partial charge in [-0.15, -0.1) is 0 Å². The molecule has 0 spiro atoms. The first kappa shape index (κ1) is 12.9. The molecule has 94 valence electrons. The van der Waals surface area contributed by atoms with Crippen LogP contribution in [0.4, 0.5) is 5.82 Å². The van der Waals surface area contributed by atoms with Crippen LogP contribution in [0.2, 0.25) is 5.02 Å². The van der Waals surface area contributed by atoms with Gasteiger partial charge in [0.25, 0.3) is 5.56 Å². The Kier molecular flexibility index (Phi) is 4.45. The van der Waals surface area contributed by atoms with Gasteiger partial charge in [-0.05, 0) is 25.7 Å². The molecular formula is C11H15BrClN3O. The maximum absolute atomic E-state index is 11.5. The van der Waals surface area contributed by atoms with Crippen molar-refractivity contribution in [1.29, 1.82) is 0 Å². The van der Waals surface area contributed by atoms with Crippen LogP contribution >= 0.6 is 27.5 Å². The van der Waals surface area contributed by atoms with Gasteiger partial charge in [-0.1, -0.05) is 27.5 Å². The van der Waals surface area contributed by atoms with Gasteiger partial charge in [0.05, 0.1) is 6.33 Å². The number of halogens is 2. The van der Waals surface area contributed by atoms with Gasteiger partial charge >= 0.3 is 0 Å². The predicted octanol–water partition coefficient (Wildman–Crippen LogP) is 2.57. The van der Waals surface area contributed by atoms with E-state index >= 15 is 0 Å². The van der Waals surface area contributed by atoms with Crippen molar-refractivity contribution in [3.05, 3.63) is 21.7 Å². The lowest BCUT2D eigenvalue weighted by molar-refractivity contribution is 0.384. The molecule has 2 rings (SSSR count). The van der Waals surface area contributed by atoms with Gasteiger partial charge in [0.2, 0.25) is 0 Å². The highest BCUT2D eigenvalue weighted by molar-refractivity contribution is 9.09. The van der Waals surface area contributed by atoms with Crippen LogP contribution < -0.4 is 10.5 Å². The summed E-state index contributed by atoms with van der Waals surface area (Å²) in [7, 11) is 0. The third-order valence-electron chi connectivity index (χ3n) is 3.10. The van der Waals surface area contributed by atoms with E-state index in [4.69, 9.17) is 11.6 Å². The van der Waals surface area contributed by atoms with E-state index in [2.05, 4.69) is 30.8 Å². The summed E-state index contributed by atoms with van der Waals surface area (Å²) in [5, 5.41) is 1.14. The van der Waals surface area contributed by atoms with Crippen LogP contribution in [0.25, 0.3) is 0 Å². The second-order valence-corrected chi connectivity index (χ2v) is 5.36. The molecule has 1 fully saturated rings. The number of nitrogens with zero attached hydrogens (tertiary/aromatic N) is 2. The van der Waals surface area contributed by atoms with Crippen molar-refractivity contribution in [2.45, 2.75) is 31.7 Å². The van der Waals surface area contributed by atoms with Crippen LogP contribution in [-0.2, 0) is 0 Å². The Morgan fingerprint density at radius 2 is 2.35 bits per heavy atom. The fraction of sp³-hybridized carbons (Fsp3) is 0.636. The monoisotopic (exact) mass is 319 g/mol. The van der Waals surface area contributed by atoms with Gasteiger partial charge in [0, 0.05) is 17.9 Å². The van der Waals surface area contributed by atoms with E-state index in [0.29, 0.717) is 11.9 Å². The number of rotatable bonds is 5. The number of anilines is 1. The van der Waals surface area contributed by atoms with Crippen molar-refractivity contribution < 1.29 is 0 Å². The number of nitrogens with one attached hydrogen (secondary N) is 1. The van der Waals surface area contributed by atoms with E-state index in [1.54, 1.807) is 0 Å². The van der Waals surface area contributed by atoms with Gasteiger partial charge in [0.15, 0.2) is 5.82 Å². The molecule has 0 amide bonds. The van der Waals surface area contributed by atoms with E-state index in [-0.39, 0.29) is 10.6 Å². The Hall–Kier alpha value is -0.550. The van der Waals surface area contributed by atoms with Gasteiger partial charge in [0.1, 0.15) is 5.02 Å². The largest absolute Gasteiger partial charge is 0.352 e. The summed E-state index contributed by atoms with van der Waals surface area (Å²) in [5.41, 5.74) is -0.264. The third kappa shape index (κ3) is 2.83. The molecule has 6 heteroatoms. The third-order valence-corrected chi connectivity index (χ3v) is 4.00. The number of aromatic amines is 1. The van der Waals surface area contributed by atoms with Crippen molar-refractivity contribution in [2.24, 2.45) is 0 Å². The molecule has 1 saturated carbocycles. The van der Waals surface area contributed by atoms with Crippen LogP contribution in [0.15, 0.2) is 11.1 Å². The number of hydrogen-bond acceptors (Lipinski definition) is 3. The molecule has 1 aromatic rings. The van der Waals surface area contributed by atoms with Crippen molar-refractivity contribution in [2.75, 3.05) is 16.8 Å². The minimum atomic E-state index is -0.264. The zero-order valence-corrected chi connectivity index (χ0v) is 11.8. The van der Waals surface area contributed by atoms with Crippen molar-refractivity contribution in [3.8, 4) is 0 Å². The smallest absolute Gasteiger partial charge is 0.271 e. The fourth-order valence-electron chi connectivity index (χ4n) is 1.96. The number of H-pyrrole nitrogens is 1. The van der Waals surface area contributed by atoms with Crippen LogP contribution in [0.5, 0.6) is 0 Å². The molecule has 1 heterocycles. The molecule has 17 heavy (non-hydrogen) atoms. The van der Waals surface area contributed by atoms with Crippen molar-refractivity contribution >= 4 is 33.3 Å². The highest BCUT2D eigenvalue weighted by Crippen LogP contribution is 2.30. The highest BCUT2D eigenvalue weighted by atomic mass is 79.9. The molecule has 1 N–H and O–H groups in total. The Labute approximate surface area is 114 Å². The molecule has 1 aliphatic carbocycles. The Bertz CT molecular complexity index is 433. The lowest BCUT2D eigenvalue weighted by Crippen LogP contribution is -2.42. The van der Waals surface area contributed by atoms with E-state index in [0.717, 1.165) is 31.1 Å². The highest BCUT2D eigenvalue weighted by Gasteiger charge is 2.27. The molecule has 0 atom stereocenters. The van der Waals surface area contributed by atoms with Crippen molar-refractivity contribution in [1.82, 2.24) is 9.97 Å². The Morgan fingerprint density at radius 3 is 2.94 bits per heavy atom. The average Bonchev–Trinajstić information content (AvgIpc) is 2.26. The first-order valence-electron chi connectivity index (χ1n) is 5.80. The van der Waals surface area contributed by atoms with Crippen molar-refractivity contribution in [3.63, 3.8) is 0 Å². The predicted molar refractivity (Wildman–Crippen MR) is 73.3 cm³/mol. The lowest BCUT2D eigenvalue weighted by Gasteiger charge is -2.38. The maximum Gasteiger partial charge on any atom is 0.271 e. The normalized spacial score (nSPS) is 15.6. The molecule has 4 nitrogen and oxygen atoms in total. The number of aromatic nitrogens is 2. The number of alkyl halides is 1.